The molecule has 0 saturated heterocycles. The van der Waals surface area contributed by atoms with E-state index in [-0.39, 0.29) is 6.61 Å². The molecule has 0 amide bonds. The lowest BCUT2D eigenvalue weighted by Gasteiger charge is -2.18. The number of benzene rings is 2. The molecular formula is C20H24O4. The van der Waals surface area contributed by atoms with Crippen molar-refractivity contribution in [1.82, 2.24) is 0 Å². The number of rotatable bonds is 11. The first-order chi connectivity index (χ1) is 11.8. The first-order valence-electron chi connectivity index (χ1n) is 8.16. The van der Waals surface area contributed by atoms with Gasteiger partial charge in [-0.3, -0.25) is 0 Å². The van der Waals surface area contributed by atoms with Crippen LogP contribution in [0, 0.1) is 5.92 Å². The van der Waals surface area contributed by atoms with Crippen LogP contribution in [0.25, 0.3) is 0 Å². The Morgan fingerprint density at radius 1 is 0.875 bits per heavy atom. The molecule has 0 aliphatic heterocycles. The summed E-state index contributed by atoms with van der Waals surface area (Å²) in [6.45, 7) is 1.49. The Balaban J connectivity index is 1.63. The van der Waals surface area contributed by atoms with Crippen LogP contribution in [0.15, 0.2) is 60.7 Å². The second-order valence-electron chi connectivity index (χ2n) is 5.69. The fourth-order valence-electron chi connectivity index (χ4n) is 2.33. The van der Waals surface area contributed by atoms with Crippen LogP contribution in [-0.4, -0.2) is 30.7 Å². The maximum Gasteiger partial charge on any atom is 0.125 e. The van der Waals surface area contributed by atoms with Gasteiger partial charge in [0, 0.05) is 12.5 Å². The fourth-order valence-corrected chi connectivity index (χ4v) is 2.33. The Kier molecular flexibility index (Phi) is 8.18. The van der Waals surface area contributed by atoms with E-state index in [1.54, 1.807) is 0 Å². The lowest BCUT2D eigenvalue weighted by molar-refractivity contribution is -0.117. The first kappa shape index (κ1) is 18.3. The van der Waals surface area contributed by atoms with Crippen molar-refractivity contribution < 1.29 is 19.4 Å². The average Bonchev–Trinajstić information content (AvgIpc) is 2.63. The van der Waals surface area contributed by atoms with E-state index in [0.717, 1.165) is 17.4 Å². The number of hydrogen-bond donors (Lipinski definition) is 1. The monoisotopic (exact) mass is 328 g/mol. The minimum Gasteiger partial charge on any atom is -0.390 e. The van der Waals surface area contributed by atoms with Gasteiger partial charge < -0.3 is 19.4 Å². The number of hydrogen-bond acceptors (Lipinski definition) is 4. The molecule has 4 nitrogen and oxygen atoms in total. The average molecular weight is 328 g/mol. The lowest BCUT2D eigenvalue weighted by Crippen LogP contribution is -2.28. The highest BCUT2D eigenvalue weighted by atomic mass is 16.5. The molecule has 0 radical (unpaired) electrons. The van der Waals surface area contributed by atoms with Crippen molar-refractivity contribution in [2.75, 3.05) is 13.2 Å². The van der Waals surface area contributed by atoms with Crippen LogP contribution in [0.4, 0.5) is 0 Å². The zero-order valence-electron chi connectivity index (χ0n) is 13.7. The van der Waals surface area contributed by atoms with Gasteiger partial charge in [0.1, 0.15) is 6.29 Å². The van der Waals surface area contributed by atoms with Crippen LogP contribution in [0.3, 0.4) is 0 Å². The van der Waals surface area contributed by atoms with Gasteiger partial charge >= 0.3 is 0 Å². The second kappa shape index (κ2) is 10.7. The van der Waals surface area contributed by atoms with Gasteiger partial charge in [-0.15, -0.1) is 0 Å². The SMILES string of the molecule is O=C[C@@H](CCOCc1ccccc1)[C@@H](O)COCc1ccccc1. The molecule has 0 saturated carbocycles. The summed E-state index contributed by atoms with van der Waals surface area (Å²) >= 11 is 0. The van der Waals surface area contributed by atoms with E-state index < -0.39 is 12.0 Å². The largest absolute Gasteiger partial charge is 0.390 e. The van der Waals surface area contributed by atoms with E-state index in [1.165, 1.54) is 0 Å². The van der Waals surface area contributed by atoms with Crippen molar-refractivity contribution >= 4 is 6.29 Å². The summed E-state index contributed by atoms with van der Waals surface area (Å²) in [5.74, 6) is -0.475. The summed E-state index contributed by atoms with van der Waals surface area (Å²) in [5.41, 5.74) is 2.13. The molecule has 0 aromatic heterocycles. The maximum absolute atomic E-state index is 11.2. The van der Waals surface area contributed by atoms with Gasteiger partial charge in [0.2, 0.25) is 0 Å². The summed E-state index contributed by atoms with van der Waals surface area (Å²) in [5, 5.41) is 10.1. The van der Waals surface area contributed by atoms with Gasteiger partial charge in [-0.05, 0) is 17.5 Å². The number of ether oxygens (including phenoxy) is 2. The number of aliphatic hydroxyl groups is 1. The predicted octanol–water partition coefficient (Wildman–Crippen LogP) is 2.99. The van der Waals surface area contributed by atoms with Crippen LogP contribution in [-0.2, 0) is 27.5 Å². The van der Waals surface area contributed by atoms with Crippen LogP contribution < -0.4 is 0 Å². The zero-order valence-corrected chi connectivity index (χ0v) is 13.7. The summed E-state index contributed by atoms with van der Waals surface area (Å²) in [6.07, 6.45) is 0.445. The standard InChI is InChI=1S/C20H24O4/c21-13-19(11-12-23-14-17-7-3-1-4-8-17)20(22)16-24-15-18-9-5-2-6-10-18/h1-10,13,19-20,22H,11-12,14-16H2/t19-,20+/m1/s1. The van der Waals surface area contributed by atoms with E-state index in [0.29, 0.717) is 26.2 Å². The van der Waals surface area contributed by atoms with E-state index in [9.17, 15) is 9.90 Å². The van der Waals surface area contributed by atoms with Crippen molar-refractivity contribution in [3.63, 3.8) is 0 Å². The third-order valence-corrected chi connectivity index (χ3v) is 3.78. The Labute approximate surface area is 143 Å². The molecule has 0 spiro atoms. The second-order valence-corrected chi connectivity index (χ2v) is 5.69. The molecule has 1 N–H and O–H groups in total. The van der Waals surface area contributed by atoms with Crippen LogP contribution >= 0.6 is 0 Å². The topological polar surface area (TPSA) is 55.8 Å². The van der Waals surface area contributed by atoms with E-state index in [1.807, 2.05) is 60.7 Å². The third-order valence-electron chi connectivity index (χ3n) is 3.78. The van der Waals surface area contributed by atoms with Crippen molar-refractivity contribution in [3.8, 4) is 0 Å². The van der Waals surface area contributed by atoms with Crippen LogP contribution in [0.2, 0.25) is 0 Å². The number of aliphatic hydroxyl groups excluding tert-OH is 1. The van der Waals surface area contributed by atoms with Crippen molar-refractivity contribution in [1.29, 1.82) is 0 Å². The van der Waals surface area contributed by atoms with Gasteiger partial charge in [0.25, 0.3) is 0 Å². The Morgan fingerprint density at radius 2 is 1.42 bits per heavy atom. The van der Waals surface area contributed by atoms with Gasteiger partial charge in [-0.2, -0.15) is 0 Å². The van der Waals surface area contributed by atoms with E-state index in [4.69, 9.17) is 9.47 Å². The molecule has 2 rings (SSSR count). The van der Waals surface area contributed by atoms with Gasteiger partial charge in [-0.1, -0.05) is 60.7 Å². The van der Waals surface area contributed by atoms with E-state index >= 15 is 0 Å². The molecule has 0 aliphatic carbocycles. The van der Waals surface area contributed by atoms with E-state index in [2.05, 4.69) is 0 Å². The molecule has 0 unspecified atom stereocenters. The third kappa shape index (κ3) is 6.62. The van der Waals surface area contributed by atoms with Crippen molar-refractivity contribution in [2.45, 2.75) is 25.7 Å². The van der Waals surface area contributed by atoms with Gasteiger partial charge in [0.15, 0.2) is 0 Å². The molecule has 2 aromatic rings. The fraction of sp³-hybridized carbons (Fsp3) is 0.350. The summed E-state index contributed by atoms with van der Waals surface area (Å²) < 4.78 is 11.1. The molecule has 24 heavy (non-hydrogen) atoms. The lowest BCUT2D eigenvalue weighted by atomic mass is 10.0. The zero-order chi connectivity index (χ0) is 17.0. The highest BCUT2D eigenvalue weighted by Gasteiger charge is 2.18. The Morgan fingerprint density at radius 3 is 1.96 bits per heavy atom. The Bertz CT molecular complexity index is 571. The molecule has 0 fully saturated rings. The summed E-state index contributed by atoms with van der Waals surface area (Å²) in [7, 11) is 0. The predicted molar refractivity (Wildman–Crippen MR) is 92.4 cm³/mol. The normalized spacial score (nSPS) is 13.4. The minimum atomic E-state index is -0.813. The summed E-state index contributed by atoms with van der Waals surface area (Å²) in [6, 6.07) is 19.6. The number of carbonyl (C=O) groups is 1. The molecular weight excluding hydrogens is 304 g/mol. The quantitative estimate of drug-likeness (QED) is 0.509. The highest BCUT2D eigenvalue weighted by molar-refractivity contribution is 5.54. The number of aldehydes is 1. The number of carbonyl (C=O) groups excluding carboxylic acids is 1. The van der Waals surface area contributed by atoms with Crippen molar-refractivity contribution in [3.05, 3.63) is 71.8 Å². The molecule has 4 heteroatoms. The van der Waals surface area contributed by atoms with Crippen LogP contribution in [0.5, 0.6) is 0 Å². The van der Waals surface area contributed by atoms with Crippen LogP contribution in [0.1, 0.15) is 17.5 Å². The molecule has 2 atom stereocenters. The Hall–Kier alpha value is -2.01. The minimum absolute atomic E-state index is 0.136. The highest BCUT2D eigenvalue weighted by Crippen LogP contribution is 2.10. The van der Waals surface area contributed by atoms with Gasteiger partial charge in [0.05, 0.1) is 25.9 Å². The molecule has 0 heterocycles. The maximum atomic E-state index is 11.2. The smallest absolute Gasteiger partial charge is 0.125 e. The van der Waals surface area contributed by atoms with Crippen molar-refractivity contribution in [2.24, 2.45) is 5.92 Å². The summed E-state index contributed by atoms with van der Waals surface area (Å²) in [4.78, 5) is 11.2. The molecule has 2 aromatic carbocycles. The van der Waals surface area contributed by atoms with Gasteiger partial charge in [-0.25, -0.2) is 0 Å². The molecule has 0 bridgehead atoms. The molecule has 128 valence electrons. The molecule has 0 aliphatic rings. The first-order valence-corrected chi connectivity index (χ1v) is 8.16.